The molecule has 2 aliphatic rings. The van der Waals surface area contributed by atoms with Gasteiger partial charge in [0.05, 0.1) is 17.8 Å². The Morgan fingerprint density at radius 2 is 2.04 bits per heavy atom. The van der Waals surface area contributed by atoms with Crippen molar-refractivity contribution in [2.24, 2.45) is 7.05 Å². The second-order valence-electron chi connectivity index (χ2n) is 7.56. The number of likely N-dealkylation sites (N-methyl/N-ethyl adjacent to an activating group) is 1. The summed E-state index contributed by atoms with van der Waals surface area (Å²) in [6.45, 7) is 7.46. The van der Waals surface area contributed by atoms with E-state index in [0.717, 1.165) is 12.1 Å². The molecule has 2 fully saturated rings. The molecule has 3 rings (SSSR count). The maximum absolute atomic E-state index is 12.9. The lowest BCUT2D eigenvalue weighted by Crippen LogP contribution is -2.52. The third kappa shape index (κ3) is 2.68. The Hall–Kier alpha value is -2.05. The van der Waals surface area contributed by atoms with Crippen LogP contribution in [0.3, 0.4) is 0 Å². The van der Waals surface area contributed by atoms with Crippen molar-refractivity contribution in [1.29, 1.82) is 0 Å². The normalized spacial score (nSPS) is 24.7. The molecule has 3 amide bonds. The number of amides is 3. The SMILES string of the molecule is CN1C(=O)N[C@@H]2CN(C(=O)c3cc(C(C)(C)C)nn3C)CC[C@@H]21. The third-order valence-corrected chi connectivity index (χ3v) is 4.86. The lowest BCUT2D eigenvalue weighted by atomic mass is 9.92. The molecule has 0 spiro atoms. The first-order valence-electron chi connectivity index (χ1n) is 8.05. The van der Waals surface area contributed by atoms with Gasteiger partial charge in [-0.15, -0.1) is 0 Å². The van der Waals surface area contributed by atoms with Gasteiger partial charge in [0.15, 0.2) is 0 Å². The zero-order valence-corrected chi connectivity index (χ0v) is 14.5. The summed E-state index contributed by atoms with van der Waals surface area (Å²) in [6.07, 6.45) is 0.801. The van der Waals surface area contributed by atoms with Crippen molar-refractivity contribution in [3.05, 3.63) is 17.5 Å². The van der Waals surface area contributed by atoms with Gasteiger partial charge in [-0.3, -0.25) is 9.48 Å². The smallest absolute Gasteiger partial charge is 0.317 e. The Kier molecular flexibility index (Phi) is 3.61. The summed E-state index contributed by atoms with van der Waals surface area (Å²) in [6, 6.07) is 2.03. The van der Waals surface area contributed by atoms with Crippen molar-refractivity contribution in [2.75, 3.05) is 20.1 Å². The number of likely N-dealkylation sites (tertiary alicyclic amines) is 1. The third-order valence-electron chi connectivity index (χ3n) is 4.86. The van der Waals surface area contributed by atoms with Crippen LogP contribution in [0.1, 0.15) is 43.4 Å². The number of hydrogen-bond donors (Lipinski definition) is 1. The number of hydrogen-bond acceptors (Lipinski definition) is 3. The number of carbonyl (C=O) groups is 2. The number of nitrogens with one attached hydrogen (secondary N) is 1. The van der Waals surface area contributed by atoms with Gasteiger partial charge in [0.25, 0.3) is 5.91 Å². The molecule has 3 heterocycles. The monoisotopic (exact) mass is 319 g/mol. The predicted molar refractivity (Wildman–Crippen MR) is 86.3 cm³/mol. The van der Waals surface area contributed by atoms with E-state index in [4.69, 9.17) is 0 Å². The van der Waals surface area contributed by atoms with Gasteiger partial charge in [0.1, 0.15) is 5.69 Å². The zero-order valence-electron chi connectivity index (χ0n) is 14.5. The van der Waals surface area contributed by atoms with Crippen LogP contribution in [0.15, 0.2) is 6.07 Å². The topological polar surface area (TPSA) is 70.5 Å². The van der Waals surface area contributed by atoms with E-state index >= 15 is 0 Å². The van der Waals surface area contributed by atoms with Crippen molar-refractivity contribution < 1.29 is 9.59 Å². The second-order valence-corrected chi connectivity index (χ2v) is 7.56. The molecule has 0 aromatic carbocycles. The molecule has 1 N–H and O–H groups in total. The molecule has 126 valence electrons. The number of aryl methyl sites for hydroxylation is 1. The fourth-order valence-corrected chi connectivity index (χ4v) is 3.34. The second kappa shape index (κ2) is 5.25. The number of aromatic nitrogens is 2. The van der Waals surface area contributed by atoms with Crippen LogP contribution in [0.25, 0.3) is 0 Å². The van der Waals surface area contributed by atoms with Crippen LogP contribution in [0.2, 0.25) is 0 Å². The first kappa shape index (κ1) is 15.8. The van der Waals surface area contributed by atoms with Crippen molar-refractivity contribution >= 4 is 11.9 Å². The van der Waals surface area contributed by atoms with E-state index in [-0.39, 0.29) is 29.4 Å². The quantitative estimate of drug-likeness (QED) is 0.838. The summed E-state index contributed by atoms with van der Waals surface area (Å²) in [5, 5.41) is 7.44. The molecule has 1 aromatic heterocycles. The van der Waals surface area contributed by atoms with E-state index in [1.807, 2.05) is 18.0 Å². The average Bonchev–Trinajstić information content (AvgIpc) is 2.99. The number of urea groups is 1. The summed E-state index contributed by atoms with van der Waals surface area (Å²) >= 11 is 0. The fourth-order valence-electron chi connectivity index (χ4n) is 3.34. The Labute approximate surface area is 136 Å². The number of fused-ring (bicyclic) bond motifs is 1. The van der Waals surface area contributed by atoms with Crippen molar-refractivity contribution in [1.82, 2.24) is 24.9 Å². The highest BCUT2D eigenvalue weighted by Crippen LogP contribution is 2.25. The van der Waals surface area contributed by atoms with E-state index in [1.165, 1.54) is 0 Å². The van der Waals surface area contributed by atoms with Gasteiger partial charge < -0.3 is 15.1 Å². The van der Waals surface area contributed by atoms with Gasteiger partial charge in [-0.25, -0.2) is 4.79 Å². The van der Waals surface area contributed by atoms with Gasteiger partial charge in [0, 0.05) is 32.6 Å². The van der Waals surface area contributed by atoms with Crippen molar-refractivity contribution in [3.8, 4) is 0 Å². The van der Waals surface area contributed by atoms with Crippen LogP contribution in [-0.4, -0.2) is 63.7 Å². The van der Waals surface area contributed by atoms with Gasteiger partial charge in [-0.05, 0) is 12.5 Å². The maximum Gasteiger partial charge on any atom is 0.317 e. The van der Waals surface area contributed by atoms with E-state index in [9.17, 15) is 9.59 Å². The standard InChI is InChI=1S/C16H25N5O2/c1-16(2,3)13-8-12(20(5)18-13)14(22)21-7-6-11-10(9-21)17-15(23)19(11)4/h8,10-11H,6-7,9H2,1-5H3,(H,17,23)/t10-,11+/m1/s1. The Morgan fingerprint density at radius 1 is 1.35 bits per heavy atom. The molecule has 2 saturated heterocycles. The molecule has 7 nitrogen and oxygen atoms in total. The molecular formula is C16H25N5O2. The van der Waals surface area contributed by atoms with Crippen LogP contribution >= 0.6 is 0 Å². The molecule has 7 heteroatoms. The Bertz CT molecular complexity index is 645. The van der Waals surface area contributed by atoms with Gasteiger partial charge in [0.2, 0.25) is 0 Å². The van der Waals surface area contributed by atoms with E-state index in [1.54, 1.807) is 16.6 Å². The van der Waals surface area contributed by atoms with Gasteiger partial charge in [-0.1, -0.05) is 20.8 Å². The highest BCUT2D eigenvalue weighted by atomic mass is 16.2. The number of piperidine rings is 1. The van der Waals surface area contributed by atoms with Crippen LogP contribution in [0.4, 0.5) is 4.79 Å². The summed E-state index contributed by atoms with van der Waals surface area (Å²) in [4.78, 5) is 28.2. The highest BCUT2D eigenvalue weighted by Gasteiger charge is 2.42. The van der Waals surface area contributed by atoms with Gasteiger partial charge in [-0.2, -0.15) is 5.10 Å². The highest BCUT2D eigenvalue weighted by molar-refractivity contribution is 5.93. The van der Waals surface area contributed by atoms with Gasteiger partial charge >= 0.3 is 6.03 Å². The molecular weight excluding hydrogens is 294 g/mol. The summed E-state index contributed by atoms with van der Waals surface area (Å²) in [5.41, 5.74) is 1.42. The molecule has 1 aromatic rings. The summed E-state index contributed by atoms with van der Waals surface area (Å²) < 4.78 is 1.66. The molecule has 0 saturated carbocycles. The molecule has 0 radical (unpaired) electrons. The molecule has 0 unspecified atom stereocenters. The van der Waals surface area contributed by atoms with Crippen LogP contribution in [-0.2, 0) is 12.5 Å². The summed E-state index contributed by atoms with van der Waals surface area (Å²) in [7, 11) is 3.62. The summed E-state index contributed by atoms with van der Waals surface area (Å²) in [5.74, 6) is -0.0160. The van der Waals surface area contributed by atoms with E-state index < -0.39 is 0 Å². The minimum atomic E-state index is -0.0918. The van der Waals surface area contributed by atoms with Crippen molar-refractivity contribution in [3.63, 3.8) is 0 Å². The number of rotatable bonds is 1. The van der Waals surface area contributed by atoms with Crippen LogP contribution < -0.4 is 5.32 Å². The maximum atomic E-state index is 12.9. The molecule has 2 aliphatic heterocycles. The van der Waals surface area contributed by atoms with E-state index in [2.05, 4.69) is 31.2 Å². The average molecular weight is 319 g/mol. The van der Waals surface area contributed by atoms with Crippen LogP contribution in [0, 0.1) is 0 Å². The lowest BCUT2D eigenvalue weighted by Gasteiger charge is -2.35. The minimum Gasteiger partial charge on any atom is -0.335 e. The Morgan fingerprint density at radius 3 is 2.65 bits per heavy atom. The Balaban J connectivity index is 1.77. The number of carbonyl (C=O) groups excluding carboxylic acids is 2. The first-order chi connectivity index (χ1) is 10.7. The fraction of sp³-hybridized carbons (Fsp3) is 0.688. The first-order valence-corrected chi connectivity index (χ1v) is 8.05. The van der Waals surface area contributed by atoms with Crippen molar-refractivity contribution in [2.45, 2.75) is 44.7 Å². The largest absolute Gasteiger partial charge is 0.335 e. The lowest BCUT2D eigenvalue weighted by molar-refractivity contribution is 0.0655. The molecule has 0 bridgehead atoms. The predicted octanol–water partition coefficient (Wildman–Crippen LogP) is 0.956. The van der Waals surface area contributed by atoms with Crippen LogP contribution in [0.5, 0.6) is 0 Å². The molecule has 0 aliphatic carbocycles. The number of nitrogens with zero attached hydrogens (tertiary/aromatic N) is 4. The molecule has 2 atom stereocenters. The van der Waals surface area contributed by atoms with E-state index in [0.29, 0.717) is 18.8 Å². The minimum absolute atomic E-state index is 0.0144. The zero-order chi connectivity index (χ0) is 16.9. The molecule has 23 heavy (non-hydrogen) atoms.